The molecule has 1 N–H and O–H groups in total. The molecule has 0 bridgehead atoms. The van der Waals surface area contributed by atoms with Crippen molar-refractivity contribution in [2.45, 2.75) is 32.2 Å². The van der Waals surface area contributed by atoms with Crippen LogP contribution in [-0.4, -0.2) is 58.3 Å². The first kappa shape index (κ1) is 14.6. The summed E-state index contributed by atoms with van der Waals surface area (Å²) in [5, 5.41) is 0. The van der Waals surface area contributed by atoms with Crippen LogP contribution in [0.15, 0.2) is 12.5 Å². The SMILES string of the molecule is CC(Cc1cnc[nH]1)C(=O)N1CCC[C@H]1C(=O)N(C)C. The second-order valence-corrected chi connectivity index (χ2v) is 5.60. The van der Waals surface area contributed by atoms with Crippen LogP contribution in [0.1, 0.15) is 25.5 Å². The quantitative estimate of drug-likeness (QED) is 0.880. The molecule has 6 nitrogen and oxygen atoms in total. The minimum Gasteiger partial charge on any atom is -0.348 e. The summed E-state index contributed by atoms with van der Waals surface area (Å²) in [4.78, 5) is 34.9. The largest absolute Gasteiger partial charge is 0.348 e. The molecular weight excluding hydrogens is 256 g/mol. The number of nitrogens with zero attached hydrogens (tertiary/aromatic N) is 3. The van der Waals surface area contributed by atoms with E-state index in [2.05, 4.69) is 9.97 Å². The van der Waals surface area contributed by atoms with Gasteiger partial charge in [0.15, 0.2) is 0 Å². The van der Waals surface area contributed by atoms with Gasteiger partial charge < -0.3 is 14.8 Å². The van der Waals surface area contributed by atoms with Gasteiger partial charge in [-0.3, -0.25) is 9.59 Å². The normalized spacial score (nSPS) is 19.9. The van der Waals surface area contributed by atoms with E-state index in [1.807, 2.05) is 6.92 Å². The average Bonchev–Trinajstić information content (AvgIpc) is 3.07. The Morgan fingerprint density at radius 1 is 1.55 bits per heavy atom. The molecule has 2 heterocycles. The van der Waals surface area contributed by atoms with E-state index in [-0.39, 0.29) is 23.8 Å². The lowest BCUT2D eigenvalue weighted by molar-refractivity contribution is -0.144. The topological polar surface area (TPSA) is 69.3 Å². The zero-order valence-corrected chi connectivity index (χ0v) is 12.3. The molecule has 1 fully saturated rings. The van der Waals surface area contributed by atoms with Gasteiger partial charge in [0.05, 0.1) is 6.33 Å². The number of aromatic amines is 1. The van der Waals surface area contributed by atoms with Gasteiger partial charge in [-0.2, -0.15) is 0 Å². The Morgan fingerprint density at radius 3 is 2.90 bits per heavy atom. The zero-order valence-electron chi connectivity index (χ0n) is 12.3. The van der Waals surface area contributed by atoms with Crippen LogP contribution in [0.25, 0.3) is 0 Å². The molecule has 1 aromatic heterocycles. The minimum atomic E-state index is -0.290. The standard InChI is InChI=1S/C14H22N4O2/c1-10(7-11-8-15-9-16-11)13(19)18-6-4-5-12(18)14(20)17(2)3/h8-10,12H,4-7H2,1-3H3,(H,15,16)/t10?,12-/m0/s1. The van der Waals surface area contributed by atoms with Crippen molar-refractivity contribution in [1.82, 2.24) is 19.8 Å². The van der Waals surface area contributed by atoms with Crippen molar-refractivity contribution in [2.24, 2.45) is 5.92 Å². The molecule has 1 aromatic rings. The number of nitrogens with one attached hydrogen (secondary N) is 1. The number of hydrogen-bond donors (Lipinski definition) is 1. The van der Waals surface area contributed by atoms with Crippen molar-refractivity contribution < 1.29 is 9.59 Å². The number of likely N-dealkylation sites (tertiary alicyclic amines) is 1. The van der Waals surface area contributed by atoms with Crippen LogP contribution >= 0.6 is 0 Å². The third-order valence-corrected chi connectivity index (χ3v) is 3.76. The summed E-state index contributed by atoms with van der Waals surface area (Å²) in [5.74, 6) is -0.0760. The number of imidazole rings is 1. The van der Waals surface area contributed by atoms with Gasteiger partial charge in [0.1, 0.15) is 6.04 Å². The highest BCUT2D eigenvalue weighted by molar-refractivity contribution is 5.88. The second-order valence-electron chi connectivity index (χ2n) is 5.60. The van der Waals surface area contributed by atoms with Crippen LogP contribution in [0.3, 0.4) is 0 Å². The molecule has 0 spiro atoms. The molecule has 1 aliphatic rings. The van der Waals surface area contributed by atoms with Gasteiger partial charge in [0.2, 0.25) is 11.8 Å². The van der Waals surface area contributed by atoms with Crippen LogP contribution < -0.4 is 0 Å². The van der Waals surface area contributed by atoms with Crippen LogP contribution in [0.2, 0.25) is 0 Å². The summed E-state index contributed by atoms with van der Waals surface area (Å²) >= 11 is 0. The maximum Gasteiger partial charge on any atom is 0.244 e. The number of H-pyrrole nitrogens is 1. The molecule has 2 rings (SSSR count). The van der Waals surface area contributed by atoms with Gasteiger partial charge >= 0.3 is 0 Å². The lowest BCUT2D eigenvalue weighted by Gasteiger charge is -2.28. The molecule has 1 unspecified atom stereocenters. The van der Waals surface area contributed by atoms with E-state index in [1.165, 1.54) is 0 Å². The monoisotopic (exact) mass is 278 g/mol. The Bertz CT molecular complexity index is 470. The molecule has 0 aromatic carbocycles. The Hall–Kier alpha value is -1.85. The van der Waals surface area contributed by atoms with E-state index in [0.717, 1.165) is 18.5 Å². The summed E-state index contributed by atoms with van der Waals surface area (Å²) < 4.78 is 0. The number of rotatable bonds is 4. The summed E-state index contributed by atoms with van der Waals surface area (Å²) in [5.41, 5.74) is 0.945. The van der Waals surface area contributed by atoms with Crippen molar-refractivity contribution in [3.05, 3.63) is 18.2 Å². The van der Waals surface area contributed by atoms with Crippen molar-refractivity contribution in [3.63, 3.8) is 0 Å². The molecule has 20 heavy (non-hydrogen) atoms. The van der Waals surface area contributed by atoms with Crippen molar-refractivity contribution in [3.8, 4) is 0 Å². The molecule has 0 radical (unpaired) electrons. The van der Waals surface area contributed by atoms with Gasteiger partial charge in [-0.05, 0) is 12.8 Å². The Labute approximate surface area is 119 Å². The number of amides is 2. The number of likely N-dealkylation sites (N-methyl/N-ethyl adjacent to an activating group) is 1. The summed E-state index contributed by atoms with van der Waals surface area (Å²) in [6.07, 6.45) is 5.63. The van der Waals surface area contributed by atoms with Crippen molar-refractivity contribution in [2.75, 3.05) is 20.6 Å². The van der Waals surface area contributed by atoms with E-state index < -0.39 is 0 Å². The van der Waals surface area contributed by atoms with Crippen LogP contribution in [0, 0.1) is 5.92 Å². The number of carbonyl (C=O) groups excluding carboxylic acids is 2. The van der Waals surface area contributed by atoms with Gasteiger partial charge in [0, 0.05) is 44.9 Å². The molecule has 1 saturated heterocycles. The van der Waals surface area contributed by atoms with Gasteiger partial charge in [-0.15, -0.1) is 0 Å². The highest BCUT2D eigenvalue weighted by Crippen LogP contribution is 2.22. The maximum absolute atomic E-state index is 12.5. The van der Waals surface area contributed by atoms with E-state index in [0.29, 0.717) is 13.0 Å². The first-order chi connectivity index (χ1) is 9.50. The lowest BCUT2D eigenvalue weighted by Crippen LogP contribution is -2.47. The van der Waals surface area contributed by atoms with E-state index in [1.54, 1.807) is 36.4 Å². The number of carbonyl (C=O) groups is 2. The fraction of sp³-hybridized carbons (Fsp3) is 0.643. The van der Waals surface area contributed by atoms with Gasteiger partial charge in [0.25, 0.3) is 0 Å². The predicted molar refractivity (Wildman–Crippen MR) is 74.9 cm³/mol. The van der Waals surface area contributed by atoms with Crippen LogP contribution in [0.5, 0.6) is 0 Å². The first-order valence-corrected chi connectivity index (χ1v) is 6.99. The third kappa shape index (κ3) is 3.00. The highest BCUT2D eigenvalue weighted by Gasteiger charge is 2.36. The fourth-order valence-electron chi connectivity index (χ4n) is 2.68. The Kier molecular flexibility index (Phi) is 4.42. The van der Waals surface area contributed by atoms with Crippen molar-refractivity contribution in [1.29, 1.82) is 0 Å². The van der Waals surface area contributed by atoms with Crippen molar-refractivity contribution >= 4 is 11.8 Å². The second kappa shape index (κ2) is 6.07. The highest BCUT2D eigenvalue weighted by atomic mass is 16.2. The summed E-state index contributed by atoms with van der Waals surface area (Å²) in [6, 6.07) is -0.290. The molecule has 0 aliphatic carbocycles. The first-order valence-electron chi connectivity index (χ1n) is 6.99. The summed E-state index contributed by atoms with van der Waals surface area (Å²) in [7, 11) is 3.47. The third-order valence-electron chi connectivity index (χ3n) is 3.76. The lowest BCUT2D eigenvalue weighted by atomic mass is 10.0. The van der Waals surface area contributed by atoms with Gasteiger partial charge in [-0.1, -0.05) is 6.92 Å². The minimum absolute atomic E-state index is 0.0181. The van der Waals surface area contributed by atoms with Crippen LogP contribution in [0.4, 0.5) is 0 Å². The Balaban J connectivity index is 2.02. The maximum atomic E-state index is 12.5. The van der Waals surface area contributed by atoms with E-state index in [4.69, 9.17) is 0 Å². The van der Waals surface area contributed by atoms with Gasteiger partial charge in [-0.25, -0.2) is 4.98 Å². The fourth-order valence-corrected chi connectivity index (χ4v) is 2.68. The Morgan fingerprint density at radius 2 is 2.30 bits per heavy atom. The average molecular weight is 278 g/mol. The molecule has 0 saturated carbocycles. The smallest absolute Gasteiger partial charge is 0.244 e. The van der Waals surface area contributed by atoms with E-state index >= 15 is 0 Å². The van der Waals surface area contributed by atoms with E-state index in [9.17, 15) is 9.59 Å². The molecule has 6 heteroatoms. The number of hydrogen-bond acceptors (Lipinski definition) is 3. The predicted octanol–water partition coefficient (Wildman–Crippen LogP) is 0.667. The number of aromatic nitrogens is 2. The molecular formula is C14H22N4O2. The molecule has 110 valence electrons. The van der Waals surface area contributed by atoms with Crippen LogP contribution in [-0.2, 0) is 16.0 Å². The molecule has 2 amide bonds. The molecule has 1 aliphatic heterocycles. The summed E-state index contributed by atoms with van der Waals surface area (Å²) in [6.45, 7) is 2.58. The zero-order chi connectivity index (χ0) is 14.7. The molecule has 2 atom stereocenters.